The Labute approximate surface area is 123 Å². The van der Waals surface area contributed by atoms with E-state index in [1.807, 2.05) is 12.1 Å². The molecular weight excluding hydrogens is 280 g/mol. The maximum atomic E-state index is 9.71. The molecule has 5 heteroatoms. The minimum atomic E-state index is -0.0503. The molecule has 2 unspecified atom stereocenters. The molecule has 0 aromatic carbocycles. The van der Waals surface area contributed by atoms with Crippen molar-refractivity contribution < 1.29 is 5.11 Å². The third-order valence-corrected chi connectivity index (χ3v) is 5.38. The van der Waals surface area contributed by atoms with E-state index < -0.39 is 0 Å². The molecule has 3 rings (SSSR count). The van der Waals surface area contributed by atoms with Crippen LogP contribution in [0.5, 0.6) is 0 Å². The van der Waals surface area contributed by atoms with Crippen molar-refractivity contribution in [3.8, 4) is 0 Å². The number of nitrogens with one attached hydrogen (secondary N) is 1. The highest BCUT2D eigenvalue weighted by Crippen LogP contribution is 2.41. The third-order valence-electron chi connectivity index (χ3n) is 3.94. The van der Waals surface area contributed by atoms with Crippen LogP contribution in [0.4, 0.5) is 0 Å². The van der Waals surface area contributed by atoms with Crippen LogP contribution in [0, 0.1) is 0 Å². The molecular formula is C14H19ClN2OS. The molecule has 2 saturated carbocycles. The first-order chi connectivity index (χ1) is 9.19. The van der Waals surface area contributed by atoms with E-state index in [2.05, 4.69) is 10.3 Å². The highest BCUT2D eigenvalue weighted by Gasteiger charge is 2.42. The molecule has 0 spiro atoms. The summed E-state index contributed by atoms with van der Waals surface area (Å²) in [6, 6.07) is 4.50. The highest BCUT2D eigenvalue weighted by atomic mass is 35.5. The van der Waals surface area contributed by atoms with Gasteiger partial charge in [0.1, 0.15) is 0 Å². The topological polar surface area (TPSA) is 45.1 Å². The highest BCUT2D eigenvalue weighted by molar-refractivity contribution is 7.99. The molecule has 0 amide bonds. The van der Waals surface area contributed by atoms with Crippen LogP contribution in [-0.2, 0) is 0 Å². The first kappa shape index (κ1) is 13.7. The van der Waals surface area contributed by atoms with Gasteiger partial charge in [-0.25, -0.2) is 4.98 Å². The zero-order chi connectivity index (χ0) is 13.3. The van der Waals surface area contributed by atoms with Gasteiger partial charge in [0.15, 0.2) is 0 Å². The lowest BCUT2D eigenvalue weighted by molar-refractivity contribution is 0.163. The van der Waals surface area contributed by atoms with E-state index in [9.17, 15) is 5.11 Å². The van der Waals surface area contributed by atoms with E-state index in [-0.39, 0.29) is 12.1 Å². The van der Waals surface area contributed by atoms with Crippen LogP contribution >= 0.6 is 23.4 Å². The summed E-state index contributed by atoms with van der Waals surface area (Å²) in [5, 5.41) is 15.6. The number of nitrogens with zero attached hydrogens (tertiary/aromatic N) is 1. The zero-order valence-electron chi connectivity index (χ0n) is 10.8. The minimum Gasteiger partial charge on any atom is -0.394 e. The summed E-state index contributed by atoms with van der Waals surface area (Å²) in [6.45, 7) is 0.245. The SMILES string of the molecule is OCC1(NC2CC2)CCC(Sc2ccc(Cl)cn2)C1. The maximum absolute atomic E-state index is 9.71. The van der Waals surface area contributed by atoms with Crippen LogP contribution in [0.3, 0.4) is 0 Å². The number of thioether (sulfide) groups is 1. The first-order valence-electron chi connectivity index (χ1n) is 6.86. The fourth-order valence-electron chi connectivity index (χ4n) is 2.76. The molecule has 19 heavy (non-hydrogen) atoms. The summed E-state index contributed by atoms with van der Waals surface area (Å²) in [7, 11) is 0. The van der Waals surface area contributed by atoms with Crippen LogP contribution in [-0.4, -0.2) is 33.5 Å². The van der Waals surface area contributed by atoms with Crippen molar-refractivity contribution in [1.82, 2.24) is 10.3 Å². The molecule has 2 N–H and O–H groups in total. The lowest BCUT2D eigenvalue weighted by Crippen LogP contribution is -2.47. The largest absolute Gasteiger partial charge is 0.394 e. The molecule has 1 heterocycles. The summed E-state index contributed by atoms with van der Waals surface area (Å²) < 4.78 is 0. The van der Waals surface area contributed by atoms with Crippen molar-refractivity contribution >= 4 is 23.4 Å². The number of aliphatic hydroxyl groups is 1. The Morgan fingerprint density at radius 2 is 2.26 bits per heavy atom. The van der Waals surface area contributed by atoms with Gasteiger partial charge in [-0.3, -0.25) is 0 Å². The second-order valence-electron chi connectivity index (χ2n) is 5.65. The van der Waals surface area contributed by atoms with Crippen molar-refractivity contribution in [3.05, 3.63) is 23.4 Å². The number of rotatable bonds is 5. The zero-order valence-corrected chi connectivity index (χ0v) is 12.4. The maximum Gasteiger partial charge on any atom is 0.0963 e. The number of aromatic nitrogens is 1. The van der Waals surface area contributed by atoms with E-state index in [1.54, 1.807) is 18.0 Å². The van der Waals surface area contributed by atoms with E-state index >= 15 is 0 Å². The van der Waals surface area contributed by atoms with Crippen LogP contribution in [0.15, 0.2) is 23.4 Å². The third kappa shape index (κ3) is 3.43. The molecule has 0 aliphatic heterocycles. The monoisotopic (exact) mass is 298 g/mol. The Hall–Kier alpha value is -0.290. The van der Waals surface area contributed by atoms with Gasteiger partial charge in [0.05, 0.1) is 16.7 Å². The molecule has 2 fully saturated rings. The Morgan fingerprint density at radius 3 is 2.89 bits per heavy atom. The molecule has 0 bridgehead atoms. The smallest absolute Gasteiger partial charge is 0.0963 e. The molecule has 2 aliphatic rings. The minimum absolute atomic E-state index is 0.0503. The van der Waals surface area contributed by atoms with Crippen LogP contribution in [0.25, 0.3) is 0 Å². The van der Waals surface area contributed by atoms with Crippen LogP contribution in [0.1, 0.15) is 32.1 Å². The normalized spacial score (nSPS) is 30.7. The summed E-state index contributed by atoms with van der Waals surface area (Å²) in [5.41, 5.74) is -0.0503. The Bertz CT molecular complexity index is 438. The van der Waals surface area contributed by atoms with Crippen molar-refractivity contribution in [1.29, 1.82) is 0 Å². The van der Waals surface area contributed by atoms with Gasteiger partial charge in [0.25, 0.3) is 0 Å². The predicted octanol–water partition coefficient (Wildman–Crippen LogP) is 2.86. The Morgan fingerprint density at radius 1 is 1.42 bits per heavy atom. The van der Waals surface area contributed by atoms with Crippen molar-refractivity contribution in [2.45, 2.75) is 54.0 Å². The van der Waals surface area contributed by atoms with Crippen molar-refractivity contribution in [3.63, 3.8) is 0 Å². The Balaban J connectivity index is 1.59. The van der Waals surface area contributed by atoms with Gasteiger partial charge in [0, 0.05) is 23.0 Å². The van der Waals surface area contributed by atoms with Gasteiger partial charge < -0.3 is 10.4 Å². The second kappa shape index (κ2) is 5.60. The van der Waals surface area contributed by atoms with Crippen LogP contribution in [0.2, 0.25) is 5.02 Å². The van der Waals surface area contributed by atoms with Gasteiger partial charge in [-0.15, -0.1) is 11.8 Å². The van der Waals surface area contributed by atoms with Gasteiger partial charge in [-0.2, -0.15) is 0 Å². The molecule has 3 nitrogen and oxygen atoms in total. The molecule has 1 aromatic heterocycles. The fraction of sp³-hybridized carbons (Fsp3) is 0.643. The van der Waals surface area contributed by atoms with E-state index in [0.29, 0.717) is 16.3 Å². The quantitative estimate of drug-likeness (QED) is 0.877. The van der Waals surface area contributed by atoms with Gasteiger partial charge in [0.2, 0.25) is 0 Å². The lowest BCUT2D eigenvalue weighted by atomic mass is 9.99. The molecule has 104 valence electrons. The molecule has 0 radical (unpaired) electrons. The van der Waals surface area contributed by atoms with Crippen molar-refractivity contribution in [2.24, 2.45) is 0 Å². The number of hydrogen-bond acceptors (Lipinski definition) is 4. The molecule has 1 aromatic rings. The average molecular weight is 299 g/mol. The van der Waals surface area contributed by atoms with Crippen LogP contribution < -0.4 is 5.32 Å². The summed E-state index contributed by atoms with van der Waals surface area (Å²) in [4.78, 5) is 4.34. The molecule has 2 aliphatic carbocycles. The van der Waals surface area contributed by atoms with E-state index in [1.165, 1.54) is 12.8 Å². The standard InChI is InChI=1S/C14H19ClN2OS/c15-10-1-4-13(16-8-10)19-12-5-6-14(7-12,9-18)17-11-2-3-11/h1,4,8,11-12,17-18H,2-3,5-7,9H2. The predicted molar refractivity (Wildman–Crippen MR) is 78.7 cm³/mol. The number of hydrogen-bond donors (Lipinski definition) is 2. The van der Waals surface area contributed by atoms with Gasteiger partial charge in [-0.05, 0) is 44.2 Å². The number of pyridine rings is 1. The Kier molecular flexibility index (Phi) is 4.03. The average Bonchev–Trinajstić information content (AvgIpc) is 3.13. The van der Waals surface area contributed by atoms with E-state index in [0.717, 1.165) is 24.3 Å². The second-order valence-corrected chi connectivity index (χ2v) is 7.41. The fourth-order valence-corrected chi connectivity index (χ4v) is 4.11. The van der Waals surface area contributed by atoms with Gasteiger partial charge in [-0.1, -0.05) is 11.6 Å². The number of aliphatic hydroxyl groups excluding tert-OH is 1. The number of halogens is 1. The summed E-state index contributed by atoms with van der Waals surface area (Å²) >= 11 is 7.65. The lowest BCUT2D eigenvalue weighted by Gasteiger charge is -2.28. The summed E-state index contributed by atoms with van der Waals surface area (Å²) in [6.07, 6.45) is 7.44. The first-order valence-corrected chi connectivity index (χ1v) is 8.12. The van der Waals surface area contributed by atoms with Gasteiger partial charge >= 0.3 is 0 Å². The van der Waals surface area contributed by atoms with Crippen molar-refractivity contribution in [2.75, 3.05) is 6.61 Å². The molecule has 0 saturated heterocycles. The summed E-state index contributed by atoms with van der Waals surface area (Å²) in [5.74, 6) is 0. The van der Waals surface area contributed by atoms with E-state index in [4.69, 9.17) is 11.6 Å². The molecule has 2 atom stereocenters.